The lowest BCUT2D eigenvalue weighted by Gasteiger charge is -2.27. The van der Waals surface area contributed by atoms with Crippen LogP contribution in [-0.2, 0) is 98.1 Å². The molecule has 3 aliphatic heterocycles. The number of nitrogens with zero attached hydrogens (tertiary/aromatic N) is 12. The molecule has 0 unspecified atom stereocenters. The summed E-state index contributed by atoms with van der Waals surface area (Å²) in [6.45, 7) is 5.35. The van der Waals surface area contributed by atoms with Gasteiger partial charge in [0.05, 0.1) is 61.9 Å². The third kappa shape index (κ3) is 20.9. The van der Waals surface area contributed by atoms with Gasteiger partial charge in [-0.05, 0) is 104 Å². The van der Waals surface area contributed by atoms with Crippen LogP contribution < -0.4 is 21.3 Å². The summed E-state index contributed by atoms with van der Waals surface area (Å²) in [5.74, 6) is 9.53. The topological polar surface area (TPSA) is 290 Å². The number of hydrogen-bond donors (Lipinski definition) is 6. The average molecular weight is 1320 g/mol. The molecule has 6 N–H and O–H groups in total. The number of aromatic amines is 1. The molecule has 0 atom stereocenters. The highest BCUT2D eigenvalue weighted by Gasteiger charge is 2.28. The molecular weight excluding hydrogens is 1240 g/mol. The quantitative estimate of drug-likeness (QED) is 0.0266. The van der Waals surface area contributed by atoms with E-state index in [1.54, 1.807) is 16.0 Å². The Balaban J connectivity index is 0.000000143. The number of terminal acetylenes is 3. The molecule has 0 bridgehead atoms. The number of rotatable bonds is 18. The molecule has 0 saturated carbocycles. The third-order valence-electron chi connectivity index (χ3n) is 17.2. The molecule has 0 saturated heterocycles. The van der Waals surface area contributed by atoms with Gasteiger partial charge in [-0.25, -0.2) is 53.8 Å². The fourth-order valence-electron chi connectivity index (χ4n) is 12.2. The number of carbonyl (C=O) groups is 3. The maximum absolute atomic E-state index is 12.4. The summed E-state index contributed by atoms with van der Waals surface area (Å²) in [5, 5.41) is 32.2. The fourth-order valence-corrected chi connectivity index (χ4v) is 12.2. The molecule has 24 heteroatoms. The van der Waals surface area contributed by atoms with Crippen LogP contribution >= 0.6 is 0 Å². The summed E-state index contributed by atoms with van der Waals surface area (Å²) >= 11 is 0. The lowest BCUT2D eigenvalue weighted by atomic mass is 10.1. The molecule has 14 rings (SSSR count). The predicted octanol–water partition coefficient (Wildman–Crippen LogP) is 8.64. The molecular formula is C74H85N17O7. The number of aliphatic hydroxyl groups excluding tert-OH is 1. The summed E-state index contributed by atoms with van der Waals surface area (Å²) in [5.41, 5.74) is 15.7. The van der Waals surface area contributed by atoms with E-state index in [-0.39, 0.29) is 18.8 Å². The van der Waals surface area contributed by atoms with Crippen molar-refractivity contribution in [2.45, 2.75) is 147 Å². The zero-order valence-electron chi connectivity index (χ0n) is 55.3. The minimum atomic E-state index is -0.422. The monoisotopic (exact) mass is 1320 g/mol. The molecule has 6 aliphatic rings. The minimum absolute atomic E-state index is 0.212. The van der Waals surface area contributed by atoms with Gasteiger partial charge in [-0.3, -0.25) is 0 Å². The van der Waals surface area contributed by atoms with Gasteiger partial charge in [0.25, 0.3) is 0 Å². The largest absolute Gasteiger partial charge is 0.449 e. The van der Waals surface area contributed by atoms with Gasteiger partial charge in [0.1, 0.15) is 6.33 Å². The minimum Gasteiger partial charge on any atom is -0.449 e. The Morgan fingerprint density at radius 1 is 0.541 bits per heavy atom. The first kappa shape index (κ1) is 70.1. The summed E-state index contributed by atoms with van der Waals surface area (Å²) < 4.78 is 16.8. The van der Waals surface area contributed by atoms with Crippen LogP contribution in [-0.4, -0.2) is 152 Å². The van der Waals surface area contributed by atoms with E-state index in [9.17, 15) is 14.4 Å². The number of H-pyrrole nitrogens is 1. The molecule has 3 aromatic carbocycles. The summed E-state index contributed by atoms with van der Waals surface area (Å²) in [6.07, 6.45) is 39.8. The number of amides is 2. The second-order valence-corrected chi connectivity index (χ2v) is 24.3. The number of aromatic nitrogens is 11. The van der Waals surface area contributed by atoms with Gasteiger partial charge in [-0.1, -0.05) is 72.8 Å². The second kappa shape index (κ2) is 37.0. The van der Waals surface area contributed by atoms with Gasteiger partial charge in [0.15, 0.2) is 0 Å². The Bertz CT molecular complexity index is 3940. The molecule has 24 nitrogen and oxygen atoms in total. The van der Waals surface area contributed by atoms with Crippen LogP contribution in [0.4, 0.5) is 32.2 Å². The molecule has 0 spiro atoms. The predicted molar refractivity (Wildman–Crippen MR) is 371 cm³/mol. The molecule has 5 aromatic heterocycles. The van der Waals surface area contributed by atoms with Crippen LogP contribution in [0.3, 0.4) is 0 Å². The van der Waals surface area contributed by atoms with E-state index in [4.69, 9.17) is 48.6 Å². The smallest absolute Gasteiger partial charge is 0.419 e. The maximum Gasteiger partial charge on any atom is 0.419 e. The number of aliphatic hydroxyl groups is 1. The Morgan fingerprint density at radius 2 is 0.969 bits per heavy atom. The first-order chi connectivity index (χ1) is 48.1. The molecule has 3 aliphatic carbocycles. The number of ether oxygens (including phenoxy) is 3. The van der Waals surface area contributed by atoms with Crippen molar-refractivity contribution in [3.05, 3.63) is 189 Å². The highest BCUT2D eigenvalue weighted by atomic mass is 16.6. The molecule has 2 amide bonds. The number of hydrogen-bond acceptors (Lipinski definition) is 20. The van der Waals surface area contributed by atoms with Crippen molar-refractivity contribution in [2.75, 3.05) is 62.0 Å². The summed E-state index contributed by atoms with van der Waals surface area (Å²) in [6, 6.07) is 26.8. The first-order valence-electron chi connectivity index (χ1n) is 33.6. The number of fused-ring (bicyclic) bond motifs is 6. The normalized spacial score (nSPS) is 14.6. The Kier molecular flexibility index (Phi) is 26.4. The van der Waals surface area contributed by atoms with Gasteiger partial charge >= 0.3 is 18.3 Å². The Morgan fingerprint density at radius 3 is 1.38 bits per heavy atom. The number of unbranched alkanes of at least 4 members (excludes halogenated alkanes) is 3. The van der Waals surface area contributed by atoms with Crippen molar-refractivity contribution in [1.29, 1.82) is 0 Å². The highest BCUT2D eigenvalue weighted by Crippen LogP contribution is 2.28. The van der Waals surface area contributed by atoms with Crippen molar-refractivity contribution in [3.8, 4) is 37.0 Å². The van der Waals surface area contributed by atoms with Crippen molar-refractivity contribution >= 4 is 36.1 Å². The number of anilines is 3. The van der Waals surface area contributed by atoms with Crippen molar-refractivity contribution in [2.24, 2.45) is 0 Å². The summed E-state index contributed by atoms with van der Waals surface area (Å²) in [4.78, 5) is 70.3. The summed E-state index contributed by atoms with van der Waals surface area (Å²) in [7, 11) is 0. The standard InChI is InChI=1S/C22H25N7O2.C22H24N4O2.C16H18N4.C9H10N2O2.C5H8O/c30-22(31-9-3-6-18-13-24-28-27-18)29-8-7-20-17(14-29)12-23-21(26-20)25-19-10-15-4-1-2-5-16(15)11-19;1-2-3-6-11-28-22(27)26-10-9-20-18(15-26)14-23-21(25-20)24-19-12-16-7-4-5-8-17(16)13-19;1-2-4-12-8-14(7-11(12)3-1)19-16-18-10-13-9-17-6-5-15(13)20-16;1-2-3-4-7-13-9(12)11-6-5-10-8-11;1-2-3-4-5-6/h1-2,4-5,12-13,19H,3,6-11,14H2,(H,23,25,26)(H,24,27,28);1,4-5,7-8,14,19H,3,6,9-13,15H2,(H,23,24,25);1-4,10,14,17H,5-9H2,(H,18,19,20);1,5-6,8H,3-4,7H2;1,6H,3-5H2. The number of imidazole rings is 1. The molecule has 0 radical (unpaired) electrons. The van der Waals surface area contributed by atoms with Gasteiger partial charge in [0.2, 0.25) is 17.8 Å². The number of nitrogens with one attached hydrogen (secondary N) is 5. The van der Waals surface area contributed by atoms with E-state index in [0.717, 1.165) is 105 Å². The van der Waals surface area contributed by atoms with Crippen LogP contribution in [0.15, 0.2) is 116 Å². The average Bonchev–Trinajstić information content (AvgIpc) is 0.974. The third-order valence-corrected chi connectivity index (χ3v) is 17.2. The van der Waals surface area contributed by atoms with Gasteiger partial charge in [0, 0.05) is 137 Å². The van der Waals surface area contributed by atoms with E-state index in [1.807, 2.05) is 18.6 Å². The van der Waals surface area contributed by atoms with Crippen LogP contribution in [0.1, 0.15) is 118 Å². The van der Waals surface area contributed by atoms with Crippen molar-refractivity contribution < 1.29 is 33.7 Å². The number of benzene rings is 3. The highest BCUT2D eigenvalue weighted by molar-refractivity contribution is 5.70. The zero-order valence-corrected chi connectivity index (χ0v) is 55.3. The molecule has 8 aromatic rings. The Hall–Kier alpha value is -10.7. The van der Waals surface area contributed by atoms with E-state index in [2.05, 4.69) is 152 Å². The van der Waals surface area contributed by atoms with Gasteiger partial charge in [-0.2, -0.15) is 15.4 Å². The first-order valence-corrected chi connectivity index (χ1v) is 33.6. The van der Waals surface area contributed by atoms with Crippen molar-refractivity contribution in [3.63, 3.8) is 0 Å². The second-order valence-electron chi connectivity index (χ2n) is 24.3. The van der Waals surface area contributed by atoms with Crippen LogP contribution in [0.25, 0.3) is 0 Å². The Labute approximate surface area is 572 Å². The van der Waals surface area contributed by atoms with Crippen LogP contribution in [0.2, 0.25) is 0 Å². The number of aryl methyl sites for hydroxylation is 1. The van der Waals surface area contributed by atoms with E-state index in [1.165, 1.54) is 67.9 Å². The SMILES string of the molecule is C#CCCCO.C#CCCCOC(=O)N1CCc2nc(NC3Cc4ccccc4C3)ncc2C1.C#CCCCOC(=O)n1ccnc1.O=C(OCCCc1cn[nH]n1)N1CCc2nc(NC3Cc4ccccc4C3)ncc2C1.c1ccc2c(c1)CC(Nc1ncc3c(n1)CCNC3)C2. The van der Waals surface area contributed by atoms with Crippen LogP contribution in [0.5, 0.6) is 0 Å². The van der Waals surface area contributed by atoms with E-state index in [0.29, 0.717) is 127 Å². The van der Waals surface area contributed by atoms with E-state index < -0.39 is 6.09 Å². The fraction of sp³-hybridized carbons (Fsp3) is 0.405. The zero-order chi connectivity index (χ0) is 68.1. The molecule has 508 valence electrons. The lowest BCUT2D eigenvalue weighted by molar-refractivity contribution is 0.0959. The van der Waals surface area contributed by atoms with Gasteiger partial charge < -0.3 is 50.4 Å². The molecule has 0 fully saturated rings. The molecule has 8 heterocycles. The maximum atomic E-state index is 12.4. The van der Waals surface area contributed by atoms with Crippen LogP contribution in [0, 0.1) is 37.0 Å². The lowest BCUT2D eigenvalue weighted by Crippen LogP contribution is -2.37. The van der Waals surface area contributed by atoms with Gasteiger partial charge in [-0.15, -0.1) is 37.0 Å². The number of carbonyl (C=O) groups excluding carboxylic acids is 3. The van der Waals surface area contributed by atoms with E-state index >= 15 is 0 Å². The molecule has 98 heavy (non-hydrogen) atoms. The van der Waals surface area contributed by atoms with Crippen molar-refractivity contribution in [1.82, 2.24) is 70.0 Å².